The van der Waals surface area contributed by atoms with Crippen LogP contribution in [0.5, 0.6) is 0 Å². The molecule has 0 spiro atoms. The van der Waals surface area contributed by atoms with Crippen LogP contribution in [-0.2, 0) is 140 Å². The molecule has 0 aromatic carbocycles. The van der Waals surface area contributed by atoms with Gasteiger partial charge in [-0.25, -0.2) is 69.2 Å². The summed E-state index contributed by atoms with van der Waals surface area (Å²) >= 11 is 8.25. The predicted molar refractivity (Wildman–Crippen MR) is 502 cm³/mol. The van der Waals surface area contributed by atoms with E-state index in [2.05, 4.69) is 111 Å². The van der Waals surface area contributed by atoms with E-state index >= 15 is 0 Å². The zero-order valence-corrected chi connectivity index (χ0v) is 84.8. The summed E-state index contributed by atoms with van der Waals surface area (Å²) in [5, 5.41) is 24.3. The van der Waals surface area contributed by atoms with Crippen molar-refractivity contribution in [2.24, 2.45) is 10.9 Å². The van der Waals surface area contributed by atoms with Crippen molar-refractivity contribution in [1.82, 2.24) is 69.2 Å². The number of nitrogens with one attached hydrogen (secondary N) is 4. The lowest BCUT2D eigenvalue weighted by molar-refractivity contribution is -0.199. The molecule has 15 atom stereocenters. The summed E-state index contributed by atoms with van der Waals surface area (Å²) in [7, 11) is 1.50. The van der Waals surface area contributed by atoms with Crippen molar-refractivity contribution in [3.8, 4) is 0 Å². The molecule has 51 heteroatoms. The maximum Gasteiger partial charge on any atom is 0.329 e. The number of halogens is 1. The Morgan fingerprint density at radius 2 is 0.739 bits per heavy atom. The molecule has 6 fully saturated rings. The van der Waals surface area contributed by atoms with Gasteiger partial charge in [0.1, 0.15) is 119 Å². The van der Waals surface area contributed by atoms with E-state index < -0.39 is 151 Å². The number of nitrogens with two attached hydrogens (primary N) is 3. The number of ether oxygens (including phenoxy) is 15. The van der Waals surface area contributed by atoms with Crippen molar-refractivity contribution >= 4 is 163 Å². The normalized spacial score (nSPS) is 23.1. The van der Waals surface area contributed by atoms with E-state index in [9.17, 15) is 51.9 Å². The van der Waals surface area contributed by atoms with Gasteiger partial charge in [-0.2, -0.15) is 21.9 Å². The van der Waals surface area contributed by atoms with Crippen molar-refractivity contribution in [1.29, 1.82) is 0 Å². The standard InChI is InChI=1S/C28H42N6O8.C27H40N6O9.C14H19N5O3.C13H25NO4.CH4.ClH2NO2S.S3.H2S/c1-10-16-19-20(41-28(8,9)40-19)23(38-16)34-14-31-18-21(29-13-30-22(18)34)33-25(37)32-15(24(36)42-27(5,6)7)11-12-17(35)39-26(2,3)4;1-25(2,3)39-16(35)10-9-14(23(36)42-26(4,5)6)31-24(37)32-20-17-21(29-12-28-20)33(13-30-17)22-19-18(15(11-34)38-22)40-27(7,8)41-19;1-4-7-9-10(22-14(2,3)21-9)13(20-7)19-6-18-8-11(15)16-5-17-12(8)19;1-12(2,3)17-10(15)8-7-9(14)11(16)18-13(4,5)6;;1-5(2,3)4;1-3-2;/h13-16,19-20,23H,10-12H2,1-9H3,(H2,29,30,32,33,37);12-15,18-19,22,34H,9-11H2,1-8H3,(H2,28,29,31,32,37);5-7,9-10,13H,4H2,1-3H3,(H2,15,16,17);9H,7-8,14H2,1-6H3;1H4;(H2,2,3,4);;1H2/t15-,16+,19+,20+,23+;14-,15+,18+,19+,22+;7-,9-,10-,13-;9-;;;;/m0010..../s1. The van der Waals surface area contributed by atoms with Gasteiger partial charge in [-0.3, -0.25) is 43.5 Å². The Hall–Kier alpha value is -8.42. The monoisotopic (exact) mass is 2010 g/mol. The number of anilines is 3. The molecule has 12 rings (SSSR count). The Morgan fingerprint density at radius 3 is 1.04 bits per heavy atom. The van der Waals surface area contributed by atoms with E-state index in [-0.39, 0.29) is 132 Å². The largest absolute Gasteiger partial charge is 0.460 e. The average Bonchev–Trinajstić information content (AvgIpc) is 1.59. The van der Waals surface area contributed by atoms with E-state index in [0.29, 0.717) is 33.8 Å². The highest BCUT2D eigenvalue weighted by atomic mass is 35.7. The second kappa shape index (κ2) is 47.3. The van der Waals surface area contributed by atoms with Gasteiger partial charge in [0.15, 0.2) is 81.5 Å². The van der Waals surface area contributed by atoms with Crippen LogP contribution < -0.4 is 37.9 Å². The summed E-state index contributed by atoms with van der Waals surface area (Å²) in [6.45, 7) is 46.3. The Kier molecular flexibility index (Phi) is 41.0. The number of urea groups is 2. The van der Waals surface area contributed by atoms with Gasteiger partial charge in [0.25, 0.3) is 9.24 Å². The molecular formula is C83H134ClN19O26S5. The fourth-order valence-corrected chi connectivity index (χ4v) is 14.1. The molecule has 0 radical (unpaired) electrons. The third kappa shape index (κ3) is 35.2. The first kappa shape index (κ1) is 116. The molecule has 4 amide bonds. The van der Waals surface area contributed by atoms with Gasteiger partial charge in [-0.05, 0) is 198 Å². The van der Waals surface area contributed by atoms with Gasteiger partial charge in [0.05, 0.1) is 37.8 Å². The number of imidazole rings is 3. The SMILES string of the molecule is C.CC(C)(C)OC(=O)CC[C@H](N)C(=O)OC(C)(C)C.CC(C)(C)OC(=O)CC[C@H](NC(=O)Nc1ncnc2c1ncn2[C@@H]1O[C@H](CO)[C@H]2OC(C)(C)O[C@H]21)C(=O)OC(C)(C)C.CC[C@H]1O[C@@H](n2cnc3c(N)ncnc32)[C@@H]2OC(C)(C)O[C@@H]21.CC[C@H]1O[C@@H](n2cnc3c(NC(=O)N[C@@H](CCC(=O)OC(C)(C)C)C(=O)OC(C)(C)C)ncnc32)[C@@H]2OC(C)(C)O[C@@H]21.NS(=O)(=O)Cl.S.S=S=S. The van der Waals surface area contributed by atoms with Crippen molar-refractivity contribution in [2.75, 3.05) is 23.0 Å². The number of amides is 4. The van der Waals surface area contributed by atoms with Gasteiger partial charge in [0, 0.05) is 61.2 Å². The molecular weight excluding hydrogens is 1870 g/mol. The molecule has 11 N–H and O–H groups in total. The molecule has 12 heterocycles. The van der Waals surface area contributed by atoms with Gasteiger partial charge >= 0.3 is 47.9 Å². The van der Waals surface area contributed by atoms with Crippen LogP contribution in [0.3, 0.4) is 0 Å². The number of esters is 6. The Balaban J connectivity index is 0.000000321. The summed E-state index contributed by atoms with van der Waals surface area (Å²) in [5.74, 6) is -4.93. The Morgan fingerprint density at radius 1 is 0.470 bits per heavy atom. The van der Waals surface area contributed by atoms with Crippen molar-refractivity contribution in [3.05, 3.63) is 38.0 Å². The molecule has 0 bridgehead atoms. The lowest BCUT2D eigenvalue weighted by atomic mass is 10.1. The van der Waals surface area contributed by atoms with E-state index in [1.807, 2.05) is 39.2 Å². The predicted octanol–water partition coefficient (Wildman–Crippen LogP) is 8.98. The molecule has 6 aliphatic heterocycles. The lowest BCUT2D eigenvalue weighted by Gasteiger charge is -2.25. The van der Waals surface area contributed by atoms with E-state index in [0.717, 1.165) is 21.7 Å². The van der Waals surface area contributed by atoms with Crippen molar-refractivity contribution < 1.29 is 123 Å². The number of aliphatic hydroxyl groups excluding tert-OH is 1. The van der Waals surface area contributed by atoms with Gasteiger partial charge in [-0.1, -0.05) is 21.3 Å². The molecule has 0 saturated carbocycles. The first-order valence-corrected chi connectivity index (χ1v) is 47.6. The number of hydrogen-bond donors (Lipinski definition) is 8. The second-order valence-corrected chi connectivity index (χ2v) is 42.5. The third-order valence-corrected chi connectivity index (χ3v) is 18.6. The van der Waals surface area contributed by atoms with Gasteiger partial charge in [-0.15, -0.1) is 0 Å². The van der Waals surface area contributed by atoms with Crippen LogP contribution in [0.2, 0.25) is 0 Å². The van der Waals surface area contributed by atoms with Crippen LogP contribution in [0, 0.1) is 0 Å². The Bertz CT molecular complexity index is 4950. The second-order valence-electron chi connectivity index (χ2n) is 38.5. The molecule has 6 aliphatic rings. The van der Waals surface area contributed by atoms with Crippen LogP contribution in [0.1, 0.15) is 257 Å². The topological polar surface area (TPSA) is 586 Å². The van der Waals surface area contributed by atoms with Crippen LogP contribution in [0.25, 0.3) is 33.5 Å². The quantitative estimate of drug-likeness (QED) is 0.0178. The maximum atomic E-state index is 13.1. The third-order valence-electron chi connectivity index (χ3n) is 18.6. The number of carbonyl (C=O) groups excluding carboxylic acids is 8. The molecule has 134 heavy (non-hydrogen) atoms. The highest BCUT2D eigenvalue weighted by molar-refractivity contribution is 8.37. The number of hydrogen-bond acceptors (Lipinski definition) is 39. The first-order chi connectivity index (χ1) is 60.7. The summed E-state index contributed by atoms with van der Waals surface area (Å²) in [6, 6.07) is -4.56. The molecule has 6 aromatic rings. The molecule has 0 unspecified atom stereocenters. The van der Waals surface area contributed by atoms with Crippen LogP contribution in [-0.4, -0.2) is 251 Å². The molecule has 0 aliphatic carbocycles. The summed E-state index contributed by atoms with van der Waals surface area (Å²) in [5.41, 5.74) is 9.96. The first-order valence-electron chi connectivity index (χ1n) is 42.6. The zero-order chi connectivity index (χ0) is 99.3. The fourth-order valence-electron chi connectivity index (χ4n) is 14.1. The summed E-state index contributed by atoms with van der Waals surface area (Å²) in [6.07, 6.45) is 5.94. The minimum Gasteiger partial charge on any atom is -0.460 e. The zero-order valence-electron chi connectivity index (χ0n) is 79.8. The average molecular weight is 2010 g/mol. The number of aliphatic hydroxyl groups is 1. The molecule has 754 valence electrons. The minimum absolute atomic E-state index is 0. The van der Waals surface area contributed by atoms with Gasteiger partial charge < -0.3 is 98.3 Å². The Labute approximate surface area is 804 Å². The number of fused-ring (bicyclic) bond motifs is 6. The number of nitrogen functional groups attached to an aromatic ring is 1. The van der Waals surface area contributed by atoms with Crippen molar-refractivity contribution in [3.63, 3.8) is 0 Å². The molecule has 6 saturated heterocycles. The number of nitrogens with zero attached hydrogens (tertiary/aromatic N) is 12. The van der Waals surface area contributed by atoms with Crippen LogP contribution in [0.15, 0.2) is 38.0 Å². The van der Waals surface area contributed by atoms with E-state index in [4.69, 9.17) is 82.5 Å². The molecule has 45 nitrogen and oxygen atoms in total. The summed E-state index contributed by atoms with van der Waals surface area (Å²) in [4.78, 5) is 138. The number of aromatic nitrogens is 12. The van der Waals surface area contributed by atoms with Crippen LogP contribution >= 0.6 is 24.2 Å². The van der Waals surface area contributed by atoms with Crippen molar-refractivity contribution in [2.45, 2.75) is 382 Å². The number of rotatable bonds is 22. The highest BCUT2D eigenvalue weighted by Gasteiger charge is 2.59. The summed E-state index contributed by atoms with van der Waals surface area (Å²) < 4.78 is 110. The number of carbonyl (C=O) groups is 8. The fraction of sp³-hybridized carbons (Fsp3) is 0.723. The smallest absolute Gasteiger partial charge is 0.329 e. The lowest BCUT2D eigenvalue weighted by Crippen LogP contribution is -2.46. The van der Waals surface area contributed by atoms with Gasteiger partial charge in [0.2, 0.25) is 0 Å². The van der Waals surface area contributed by atoms with E-state index in [1.54, 1.807) is 160 Å². The van der Waals surface area contributed by atoms with E-state index in [1.165, 1.54) is 25.3 Å². The van der Waals surface area contributed by atoms with Crippen LogP contribution in [0.4, 0.5) is 27.0 Å². The molecule has 6 aromatic heterocycles. The minimum atomic E-state index is -3.69. The highest BCUT2D eigenvalue weighted by Crippen LogP contribution is 2.48. The maximum absolute atomic E-state index is 13.1.